The fourth-order valence-electron chi connectivity index (χ4n) is 2.08. The van der Waals surface area contributed by atoms with E-state index in [1.807, 2.05) is 17.5 Å². The van der Waals surface area contributed by atoms with E-state index in [1.54, 1.807) is 17.5 Å². The molecule has 3 aromatic rings. The van der Waals surface area contributed by atoms with E-state index in [9.17, 15) is 0 Å². The zero-order chi connectivity index (χ0) is 14.1. The lowest BCUT2D eigenvalue weighted by Gasteiger charge is -2.07. The highest BCUT2D eigenvalue weighted by Gasteiger charge is 2.09. The van der Waals surface area contributed by atoms with Crippen molar-refractivity contribution < 1.29 is 0 Å². The van der Waals surface area contributed by atoms with Crippen molar-refractivity contribution in [3.05, 3.63) is 40.6 Å². The zero-order valence-electron chi connectivity index (χ0n) is 11.3. The average molecular weight is 304 g/mol. The van der Waals surface area contributed by atoms with Crippen LogP contribution in [0.4, 0.5) is 0 Å². The van der Waals surface area contributed by atoms with Crippen molar-refractivity contribution in [2.45, 2.75) is 20.3 Å². The Morgan fingerprint density at radius 1 is 1.25 bits per heavy atom. The summed E-state index contributed by atoms with van der Waals surface area (Å²) in [5, 5.41) is 2.52. The Balaban J connectivity index is 2.05. The third-order valence-electron chi connectivity index (χ3n) is 2.93. The van der Waals surface area contributed by atoms with Gasteiger partial charge in [0.2, 0.25) is 0 Å². The minimum Gasteiger partial charge on any atom is -0.255 e. The number of pyridine rings is 1. The summed E-state index contributed by atoms with van der Waals surface area (Å²) in [5.41, 5.74) is 2.89. The van der Waals surface area contributed by atoms with Crippen molar-refractivity contribution in [2.24, 2.45) is 5.92 Å². The van der Waals surface area contributed by atoms with Crippen molar-refractivity contribution in [1.82, 2.24) is 15.0 Å². The first-order valence-electron chi connectivity index (χ1n) is 6.49. The summed E-state index contributed by atoms with van der Waals surface area (Å²) >= 11 is 7.78. The molecule has 0 aliphatic rings. The van der Waals surface area contributed by atoms with Crippen molar-refractivity contribution in [1.29, 1.82) is 0 Å². The molecule has 0 fully saturated rings. The summed E-state index contributed by atoms with van der Waals surface area (Å²) < 4.78 is 1.14. The molecule has 0 saturated heterocycles. The number of nitrogens with zero attached hydrogens (tertiary/aromatic N) is 3. The number of aromatic nitrogens is 3. The monoisotopic (exact) mass is 303 g/mol. The molecule has 0 bridgehead atoms. The van der Waals surface area contributed by atoms with Gasteiger partial charge in [-0.05, 0) is 35.9 Å². The summed E-state index contributed by atoms with van der Waals surface area (Å²) in [4.78, 5) is 13.4. The van der Waals surface area contributed by atoms with Gasteiger partial charge in [-0.25, -0.2) is 9.97 Å². The largest absolute Gasteiger partial charge is 0.255 e. The van der Waals surface area contributed by atoms with Gasteiger partial charge >= 0.3 is 0 Å². The van der Waals surface area contributed by atoms with Crippen molar-refractivity contribution in [3.63, 3.8) is 0 Å². The Bertz CT molecular complexity index is 752. The molecule has 3 nitrogen and oxygen atoms in total. The quantitative estimate of drug-likeness (QED) is 0.663. The molecule has 0 atom stereocenters. The van der Waals surface area contributed by atoms with E-state index >= 15 is 0 Å². The number of rotatable bonds is 3. The van der Waals surface area contributed by atoms with Gasteiger partial charge in [-0.3, -0.25) is 4.98 Å². The summed E-state index contributed by atoms with van der Waals surface area (Å²) in [6, 6.07) is 5.91. The van der Waals surface area contributed by atoms with Crippen LogP contribution in [0.2, 0.25) is 5.15 Å². The first-order valence-corrected chi connectivity index (χ1v) is 7.74. The van der Waals surface area contributed by atoms with Gasteiger partial charge in [0.05, 0.1) is 10.2 Å². The van der Waals surface area contributed by atoms with Crippen LogP contribution in [0.15, 0.2) is 29.8 Å². The SMILES string of the molecule is CC(C)Cc1cc(Cl)nc(-c2cnc3ccsc3c2)n1. The maximum absolute atomic E-state index is 6.11. The molecular weight excluding hydrogens is 290 g/mol. The van der Waals surface area contributed by atoms with E-state index < -0.39 is 0 Å². The Morgan fingerprint density at radius 3 is 2.90 bits per heavy atom. The number of halogens is 1. The topological polar surface area (TPSA) is 38.7 Å². The fraction of sp³-hybridized carbons (Fsp3) is 0.267. The first-order chi connectivity index (χ1) is 9.61. The van der Waals surface area contributed by atoms with Crippen LogP contribution in [0.25, 0.3) is 21.6 Å². The van der Waals surface area contributed by atoms with Crippen LogP contribution in [0.3, 0.4) is 0 Å². The molecule has 0 N–H and O–H groups in total. The molecule has 3 heterocycles. The molecule has 20 heavy (non-hydrogen) atoms. The van der Waals surface area contributed by atoms with Crippen LogP contribution >= 0.6 is 22.9 Å². The van der Waals surface area contributed by atoms with E-state index in [1.165, 1.54) is 0 Å². The second kappa shape index (κ2) is 5.46. The summed E-state index contributed by atoms with van der Waals surface area (Å²) in [6.45, 7) is 4.32. The molecule has 0 aliphatic heterocycles. The minimum atomic E-state index is 0.483. The van der Waals surface area contributed by atoms with E-state index in [0.29, 0.717) is 16.9 Å². The van der Waals surface area contributed by atoms with E-state index in [-0.39, 0.29) is 0 Å². The molecule has 0 unspecified atom stereocenters. The van der Waals surface area contributed by atoms with E-state index in [2.05, 4.69) is 34.9 Å². The molecule has 0 aliphatic carbocycles. The molecule has 3 aromatic heterocycles. The first kappa shape index (κ1) is 13.5. The second-order valence-corrected chi connectivity index (χ2v) is 6.47. The van der Waals surface area contributed by atoms with Gasteiger partial charge in [-0.15, -0.1) is 11.3 Å². The normalized spacial score (nSPS) is 11.4. The van der Waals surface area contributed by atoms with Crippen LogP contribution in [0.5, 0.6) is 0 Å². The van der Waals surface area contributed by atoms with Crippen molar-refractivity contribution in [2.75, 3.05) is 0 Å². The second-order valence-electron chi connectivity index (χ2n) is 5.13. The summed E-state index contributed by atoms with van der Waals surface area (Å²) in [6.07, 6.45) is 2.70. The van der Waals surface area contributed by atoms with Crippen LogP contribution in [0, 0.1) is 5.92 Å². The lowest BCUT2D eigenvalue weighted by molar-refractivity contribution is 0.634. The number of thiophene rings is 1. The molecule has 0 spiro atoms. The lowest BCUT2D eigenvalue weighted by atomic mass is 10.1. The number of hydrogen-bond acceptors (Lipinski definition) is 4. The predicted molar refractivity (Wildman–Crippen MR) is 84.2 cm³/mol. The van der Waals surface area contributed by atoms with Crippen LogP contribution in [0.1, 0.15) is 19.5 Å². The highest BCUT2D eigenvalue weighted by Crippen LogP contribution is 2.25. The van der Waals surface area contributed by atoms with Gasteiger partial charge in [-0.1, -0.05) is 25.4 Å². The highest BCUT2D eigenvalue weighted by molar-refractivity contribution is 7.17. The van der Waals surface area contributed by atoms with Gasteiger partial charge in [0, 0.05) is 17.5 Å². The van der Waals surface area contributed by atoms with Gasteiger partial charge in [0.15, 0.2) is 5.82 Å². The molecule has 5 heteroatoms. The van der Waals surface area contributed by atoms with Gasteiger partial charge in [0.25, 0.3) is 0 Å². The minimum absolute atomic E-state index is 0.483. The predicted octanol–water partition coefficient (Wildman–Crippen LogP) is 4.61. The fourth-order valence-corrected chi connectivity index (χ4v) is 3.07. The molecule has 0 aromatic carbocycles. The third-order valence-corrected chi connectivity index (χ3v) is 3.97. The Labute approximate surface area is 126 Å². The molecule has 3 rings (SSSR count). The van der Waals surface area contributed by atoms with Crippen LogP contribution in [-0.2, 0) is 6.42 Å². The third kappa shape index (κ3) is 2.81. The standard InChI is InChI=1S/C15H14ClN3S/c1-9(2)5-11-7-14(16)19-15(18-11)10-6-13-12(17-8-10)3-4-20-13/h3-4,6-9H,5H2,1-2H3. The summed E-state index contributed by atoms with van der Waals surface area (Å²) in [7, 11) is 0. The lowest BCUT2D eigenvalue weighted by Crippen LogP contribution is -2.00. The number of hydrogen-bond donors (Lipinski definition) is 0. The smallest absolute Gasteiger partial charge is 0.162 e. The molecule has 0 radical (unpaired) electrons. The zero-order valence-corrected chi connectivity index (χ0v) is 12.9. The molecule has 0 amide bonds. The average Bonchev–Trinajstić information content (AvgIpc) is 2.84. The maximum atomic E-state index is 6.11. The highest BCUT2D eigenvalue weighted by atomic mass is 35.5. The molecule has 0 saturated carbocycles. The Morgan fingerprint density at radius 2 is 2.10 bits per heavy atom. The van der Waals surface area contributed by atoms with Crippen LogP contribution in [-0.4, -0.2) is 15.0 Å². The summed E-state index contributed by atoms with van der Waals surface area (Å²) in [5.74, 6) is 1.18. The Hall–Kier alpha value is -1.52. The van der Waals surface area contributed by atoms with Gasteiger partial charge < -0.3 is 0 Å². The molecule has 102 valence electrons. The molecular formula is C15H14ClN3S. The van der Waals surface area contributed by atoms with Crippen molar-refractivity contribution >= 4 is 33.2 Å². The van der Waals surface area contributed by atoms with Gasteiger partial charge in [-0.2, -0.15) is 0 Å². The van der Waals surface area contributed by atoms with E-state index in [4.69, 9.17) is 11.6 Å². The maximum Gasteiger partial charge on any atom is 0.162 e. The van der Waals surface area contributed by atoms with Crippen molar-refractivity contribution in [3.8, 4) is 11.4 Å². The van der Waals surface area contributed by atoms with E-state index in [0.717, 1.165) is 27.9 Å². The Kier molecular flexibility index (Phi) is 3.68. The van der Waals surface area contributed by atoms with Crippen LogP contribution < -0.4 is 0 Å². The number of fused-ring (bicyclic) bond motifs is 1. The van der Waals surface area contributed by atoms with Gasteiger partial charge in [0.1, 0.15) is 5.15 Å².